The number of nitro benzene ring substituents is 1. The summed E-state index contributed by atoms with van der Waals surface area (Å²) < 4.78 is 5.61. The Labute approximate surface area is 165 Å². The molecular weight excluding hydrogens is 378 g/mol. The molecule has 1 aromatic heterocycles. The lowest BCUT2D eigenvalue weighted by Crippen LogP contribution is -2.07. The maximum atomic E-state index is 12.1. The Balaban J connectivity index is 1.69. The van der Waals surface area contributed by atoms with E-state index < -0.39 is 4.92 Å². The highest BCUT2D eigenvalue weighted by Gasteiger charge is 2.11. The fourth-order valence-electron chi connectivity index (χ4n) is 2.48. The van der Waals surface area contributed by atoms with Crippen LogP contribution in [0.5, 0.6) is 5.75 Å². The van der Waals surface area contributed by atoms with Crippen molar-refractivity contribution in [2.75, 3.05) is 11.9 Å². The van der Waals surface area contributed by atoms with E-state index in [-0.39, 0.29) is 11.6 Å². The van der Waals surface area contributed by atoms with Crippen molar-refractivity contribution in [3.8, 4) is 17.0 Å². The Morgan fingerprint density at radius 3 is 2.89 bits per heavy atom. The normalized spacial score (nSPS) is 10.8. The van der Waals surface area contributed by atoms with Gasteiger partial charge < -0.3 is 4.74 Å². The highest BCUT2D eigenvalue weighted by Crippen LogP contribution is 2.32. The van der Waals surface area contributed by atoms with Crippen LogP contribution in [0.15, 0.2) is 60.0 Å². The van der Waals surface area contributed by atoms with Gasteiger partial charge in [0.05, 0.1) is 17.2 Å². The van der Waals surface area contributed by atoms with Crippen LogP contribution in [0.2, 0.25) is 0 Å². The zero-order valence-electron chi connectivity index (χ0n) is 15.0. The summed E-state index contributed by atoms with van der Waals surface area (Å²) >= 11 is 1.31. The molecular formula is C20H17N3O4S. The van der Waals surface area contributed by atoms with Crippen LogP contribution in [0, 0.1) is 10.1 Å². The molecule has 142 valence electrons. The molecule has 0 saturated carbocycles. The second kappa shape index (κ2) is 8.92. The van der Waals surface area contributed by atoms with Crippen molar-refractivity contribution < 1.29 is 14.5 Å². The first-order valence-corrected chi connectivity index (χ1v) is 9.36. The molecule has 28 heavy (non-hydrogen) atoms. The molecule has 7 nitrogen and oxygen atoms in total. The van der Waals surface area contributed by atoms with Crippen LogP contribution in [0.25, 0.3) is 17.3 Å². The molecule has 0 spiro atoms. The lowest BCUT2D eigenvalue weighted by molar-refractivity contribution is -0.384. The number of para-hydroxylation sites is 1. The van der Waals surface area contributed by atoms with Gasteiger partial charge in [0.25, 0.3) is 5.69 Å². The Hall–Kier alpha value is -3.52. The molecule has 1 N–H and O–H groups in total. The SMILES string of the molecule is CCOc1ccccc1-c1csc(NC(=O)C=Cc2cccc([N+](=O)[O-])c2)n1. The number of ether oxygens (including phenoxy) is 1. The van der Waals surface area contributed by atoms with Gasteiger partial charge in [0.1, 0.15) is 5.75 Å². The van der Waals surface area contributed by atoms with E-state index in [1.54, 1.807) is 12.1 Å². The van der Waals surface area contributed by atoms with Crippen molar-refractivity contribution in [1.82, 2.24) is 4.98 Å². The predicted molar refractivity (Wildman–Crippen MR) is 109 cm³/mol. The first kappa shape index (κ1) is 19.2. The Morgan fingerprint density at radius 1 is 1.29 bits per heavy atom. The zero-order valence-corrected chi connectivity index (χ0v) is 15.8. The largest absolute Gasteiger partial charge is 0.493 e. The number of carbonyl (C=O) groups is 1. The summed E-state index contributed by atoms with van der Waals surface area (Å²) in [5.41, 5.74) is 2.11. The number of nitro groups is 1. The van der Waals surface area contributed by atoms with E-state index in [1.165, 1.54) is 35.6 Å². The first-order valence-electron chi connectivity index (χ1n) is 8.48. The second-order valence-electron chi connectivity index (χ2n) is 5.64. The molecule has 8 heteroatoms. The summed E-state index contributed by atoms with van der Waals surface area (Å²) in [6, 6.07) is 13.6. The van der Waals surface area contributed by atoms with Crippen molar-refractivity contribution >= 4 is 34.1 Å². The van der Waals surface area contributed by atoms with E-state index in [4.69, 9.17) is 4.74 Å². The number of hydrogen-bond acceptors (Lipinski definition) is 6. The Bertz CT molecular complexity index is 1030. The van der Waals surface area contributed by atoms with Gasteiger partial charge in [-0.1, -0.05) is 24.3 Å². The van der Waals surface area contributed by atoms with Crippen molar-refractivity contribution in [1.29, 1.82) is 0 Å². The van der Waals surface area contributed by atoms with E-state index in [1.807, 2.05) is 36.6 Å². The molecule has 0 unspecified atom stereocenters. The van der Waals surface area contributed by atoms with Crippen LogP contribution in [0.1, 0.15) is 12.5 Å². The monoisotopic (exact) mass is 395 g/mol. The highest BCUT2D eigenvalue weighted by atomic mass is 32.1. The summed E-state index contributed by atoms with van der Waals surface area (Å²) in [6.07, 6.45) is 2.83. The molecule has 0 aliphatic heterocycles. The average Bonchev–Trinajstić information content (AvgIpc) is 3.15. The first-order chi connectivity index (χ1) is 13.6. The number of rotatable bonds is 7. The highest BCUT2D eigenvalue weighted by molar-refractivity contribution is 7.14. The number of anilines is 1. The summed E-state index contributed by atoms with van der Waals surface area (Å²) in [5.74, 6) is 0.365. The molecule has 1 heterocycles. The lowest BCUT2D eigenvalue weighted by Gasteiger charge is -2.07. The number of nitrogens with one attached hydrogen (secondary N) is 1. The van der Waals surface area contributed by atoms with Crippen LogP contribution in [-0.4, -0.2) is 22.4 Å². The van der Waals surface area contributed by atoms with E-state index >= 15 is 0 Å². The fraction of sp³-hybridized carbons (Fsp3) is 0.100. The lowest BCUT2D eigenvalue weighted by atomic mass is 10.1. The molecule has 0 bridgehead atoms. The third-order valence-corrected chi connectivity index (χ3v) is 4.46. The van der Waals surface area contributed by atoms with Gasteiger partial charge in [-0.15, -0.1) is 11.3 Å². The quantitative estimate of drug-likeness (QED) is 0.353. The predicted octanol–water partition coefficient (Wildman–Crippen LogP) is 4.77. The van der Waals surface area contributed by atoms with Crippen LogP contribution in [-0.2, 0) is 4.79 Å². The maximum absolute atomic E-state index is 12.1. The number of amides is 1. The van der Waals surface area contributed by atoms with Crippen molar-refractivity contribution in [2.24, 2.45) is 0 Å². The number of carbonyl (C=O) groups excluding carboxylic acids is 1. The maximum Gasteiger partial charge on any atom is 0.270 e. The topological polar surface area (TPSA) is 94.4 Å². The van der Waals surface area contributed by atoms with Gasteiger partial charge in [0.2, 0.25) is 5.91 Å². The molecule has 2 aromatic carbocycles. The molecule has 0 aliphatic rings. The third-order valence-electron chi connectivity index (χ3n) is 3.71. The molecule has 3 aromatic rings. The fourth-order valence-corrected chi connectivity index (χ4v) is 3.19. The van der Waals surface area contributed by atoms with Gasteiger partial charge >= 0.3 is 0 Å². The minimum atomic E-state index is -0.478. The van der Waals surface area contributed by atoms with Crippen molar-refractivity contribution in [2.45, 2.75) is 6.92 Å². The Kier molecular flexibility index (Phi) is 6.13. The summed E-state index contributed by atoms with van der Waals surface area (Å²) in [4.78, 5) is 26.9. The number of non-ortho nitro benzene ring substituents is 1. The van der Waals surface area contributed by atoms with Crippen LogP contribution in [0.4, 0.5) is 10.8 Å². The van der Waals surface area contributed by atoms with E-state index in [0.29, 0.717) is 23.0 Å². The van der Waals surface area contributed by atoms with E-state index in [0.717, 1.165) is 11.3 Å². The second-order valence-corrected chi connectivity index (χ2v) is 6.50. The number of aromatic nitrogens is 1. The molecule has 0 saturated heterocycles. The summed E-state index contributed by atoms with van der Waals surface area (Å²) in [7, 11) is 0. The zero-order chi connectivity index (χ0) is 19.9. The van der Waals surface area contributed by atoms with Crippen LogP contribution in [0.3, 0.4) is 0 Å². The molecule has 1 amide bonds. The number of nitrogens with zero attached hydrogens (tertiary/aromatic N) is 2. The molecule has 0 atom stereocenters. The average molecular weight is 395 g/mol. The minimum absolute atomic E-state index is 0.0277. The number of thiazole rings is 1. The van der Waals surface area contributed by atoms with E-state index in [9.17, 15) is 14.9 Å². The summed E-state index contributed by atoms with van der Waals surface area (Å²) in [5, 5.41) is 15.8. The number of hydrogen-bond donors (Lipinski definition) is 1. The third kappa shape index (κ3) is 4.80. The number of benzene rings is 2. The molecule has 0 radical (unpaired) electrons. The van der Waals surface area contributed by atoms with Gasteiger partial charge in [0, 0.05) is 29.2 Å². The van der Waals surface area contributed by atoms with Crippen LogP contribution >= 0.6 is 11.3 Å². The van der Waals surface area contributed by atoms with Crippen molar-refractivity contribution in [3.63, 3.8) is 0 Å². The standard InChI is InChI=1S/C20H17N3O4S/c1-2-27-18-9-4-3-8-16(18)17-13-28-20(21-17)22-19(24)11-10-14-6-5-7-15(12-14)23(25)26/h3-13H,2H2,1H3,(H,21,22,24). The molecule has 0 aliphatic carbocycles. The minimum Gasteiger partial charge on any atom is -0.493 e. The molecule has 0 fully saturated rings. The van der Waals surface area contributed by atoms with Gasteiger partial charge in [-0.2, -0.15) is 0 Å². The summed E-state index contributed by atoms with van der Waals surface area (Å²) in [6.45, 7) is 2.46. The van der Waals surface area contributed by atoms with Gasteiger partial charge in [0.15, 0.2) is 5.13 Å². The Morgan fingerprint density at radius 2 is 2.11 bits per heavy atom. The molecule has 3 rings (SSSR count). The van der Waals surface area contributed by atoms with Gasteiger partial charge in [-0.25, -0.2) is 4.98 Å². The smallest absolute Gasteiger partial charge is 0.270 e. The van der Waals surface area contributed by atoms with Gasteiger partial charge in [-0.05, 0) is 30.7 Å². The van der Waals surface area contributed by atoms with E-state index in [2.05, 4.69) is 10.3 Å². The van der Waals surface area contributed by atoms with Gasteiger partial charge in [-0.3, -0.25) is 20.2 Å². The van der Waals surface area contributed by atoms with Crippen LogP contribution < -0.4 is 10.1 Å². The van der Waals surface area contributed by atoms with Crippen molar-refractivity contribution in [3.05, 3.63) is 75.7 Å².